The lowest BCUT2D eigenvalue weighted by Gasteiger charge is -2.11. The number of nitrogens with one attached hydrogen (secondary N) is 3. The number of rotatable bonds is 8. The first kappa shape index (κ1) is 24.5. The number of anilines is 3. The molecule has 188 valence electrons. The van der Waals surface area contributed by atoms with Crippen LogP contribution in [0, 0.1) is 0 Å². The smallest absolute Gasteiger partial charge is 0.256 e. The summed E-state index contributed by atoms with van der Waals surface area (Å²) in [5, 5.41) is 10.4. The van der Waals surface area contributed by atoms with E-state index in [0.717, 1.165) is 27.7 Å². The molecule has 4 aromatic carbocycles. The van der Waals surface area contributed by atoms with E-state index < -0.39 is 0 Å². The Balaban J connectivity index is 1.31. The van der Waals surface area contributed by atoms with Crippen LogP contribution in [0.2, 0.25) is 0 Å². The molecule has 8 nitrogen and oxygen atoms in total. The molecule has 8 heteroatoms. The fourth-order valence-corrected chi connectivity index (χ4v) is 3.99. The molecule has 0 bridgehead atoms. The number of aromatic nitrogens is 2. The molecule has 0 aliphatic heterocycles. The van der Waals surface area contributed by atoms with E-state index in [9.17, 15) is 9.59 Å². The Morgan fingerprint density at radius 1 is 0.842 bits per heavy atom. The number of benzene rings is 4. The number of amides is 2. The zero-order valence-electron chi connectivity index (χ0n) is 20.6. The summed E-state index contributed by atoms with van der Waals surface area (Å²) in [5.41, 5.74) is 2.94. The fraction of sp³-hybridized carbons (Fsp3) is 0.0667. The molecule has 38 heavy (non-hydrogen) atoms. The van der Waals surface area contributed by atoms with E-state index in [4.69, 9.17) is 4.74 Å². The van der Waals surface area contributed by atoms with Crippen molar-refractivity contribution < 1.29 is 14.3 Å². The number of likely N-dealkylation sites (N-methyl/N-ethyl adjacent to an activating group) is 1. The molecule has 3 N–H and O–H groups in total. The fourth-order valence-electron chi connectivity index (χ4n) is 3.99. The van der Waals surface area contributed by atoms with Gasteiger partial charge in [-0.3, -0.25) is 9.59 Å². The number of ether oxygens (including phenoxy) is 1. The Labute approximate surface area is 219 Å². The number of nitrogens with zero attached hydrogens (tertiary/aromatic N) is 2. The second-order valence-corrected chi connectivity index (χ2v) is 8.50. The summed E-state index contributed by atoms with van der Waals surface area (Å²) in [4.78, 5) is 33.3. The molecule has 0 spiro atoms. The molecule has 0 radical (unpaired) electrons. The molecule has 0 fully saturated rings. The molecule has 1 aromatic heterocycles. The van der Waals surface area contributed by atoms with E-state index in [0.29, 0.717) is 23.1 Å². The Kier molecular flexibility index (Phi) is 7.22. The Bertz CT molecular complexity index is 1600. The van der Waals surface area contributed by atoms with Crippen molar-refractivity contribution in [3.8, 4) is 11.6 Å². The van der Waals surface area contributed by atoms with E-state index in [1.165, 1.54) is 0 Å². The summed E-state index contributed by atoms with van der Waals surface area (Å²) in [5.74, 6) is 1.06. The highest BCUT2D eigenvalue weighted by atomic mass is 16.5. The van der Waals surface area contributed by atoms with E-state index in [1.54, 1.807) is 31.4 Å². The lowest BCUT2D eigenvalue weighted by atomic mass is 10.0. The Morgan fingerprint density at radius 2 is 1.66 bits per heavy atom. The van der Waals surface area contributed by atoms with Crippen molar-refractivity contribution in [3.05, 3.63) is 114 Å². The molecule has 0 saturated carbocycles. The second kappa shape index (κ2) is 11.2. The summed E-state index contributed by atoms with van der Waals surface area (Å²) in [7, 11) is 1.61. The predicted octanol–water partition coefficient (Wildman–Crippen LogP) is 5.71. The van der Waals surface area contributed by atoms with Crippen LogP contribution in [0.4, 0.5) is 17.3 Å². The third kappa shape index (κ3) is 5.93. The van der Waals surface area contributed by atoms with E-state index >= 15 is 0 Å². The minimum atomic E-state index is -0.179. The van der Waals surface area contributed by atoms with Crippen molar-refractivity contribution in [2.24, 2.45) is 0 Å². The van der Waals surface area contributed by atoms with Gasteiger partial charge in [0.25, 0.3) is 5.91 Å². The average molecular weight is 504 g/mol. The predicted molar refractivity (Wildman–Crippen MR) is 148 cm³/mol. The van der Waals surface area contributed by atoms with Crippen molar-refractivity contribution in [3.63, 3.8) is 0 Å². The van der Waals surface area contributed by atoms with Gasteiger partial charge in [-0.25, -0.2) is 4.98 Å². The van der Waals surface area contributed by atoms with Gasteiger partial charge in [-0.15, -0.1) is 0 Å². The van der Waals surface area contributed by atoms with Crippen LogP contribution in [-0.2, 0) is 11.2 Å². The zero-order valence-corrected chi connectivity index (χ0v) is 20.6. The molecule has 1 heterocycles. The number of hydrogen-bond donors (Lipinski definition) is 3. The number of fused-ring (bicyclic) bond motifs is 1. The normalized spacial score (nSPS) is 10.6. The summed E-state index contributed by atoms with van der Waals surface area (Å²) < 4.78 is 6.01. The Morgan fingerprint density at radius 3 is 2.50 bits per heavy atom. The van der Waals surface area contributed by atoms with Gasteiger partial charge in [0.05, 0.1) is 6.42 Å². The van der Waals surface area contributed by atoms with Crippen molar-refractivity contribution in [2.75, 3.05) is 17.7 Å². The highest BCUT2D eigenvalue weighted by Gasteiger charge is 2.12. The maximum Gasteiger partial charge on any atom is 0.256 e. The van der Waals surface area contributed by atoms with Gasteiger partial charge in [-0.05, 0) is 64.9 Å². The molecular formula is C30H25N5O3. The number of para-hydroxylation sites is 1. The van der Waals surface area contributed by atoms with Gasteiger partial charge >= 0.3 is 0 Å². The molecular weight excluding hydrogens is 478 g/mol. The molecule has 5 aromatic rings. The van der Waals surface area contributed by atoms with Crippen LogP contribution in [0.25, 0.3) is 10.8 Å². The minimum absolute atomic E-state index is 0.0619. The molecule has 2 amide bonds. The average Bonchev–Trinajstić information content (AvgIpc) is 2.93. The molecule has 0 unspecified atom stereocenters. The maximum atomic E-state index is 12.9. The maximum absolute atomic E-state index is 12.9. The van der Waals surface area contributed by atoms with Crippen molar-refractivity contribution in [1.29, 1.82) is 0 Å². The summed E-state index contributed by atoms with van der Waals surface area (Å²) in [6, 6.07) is 29.6. The van der Waals surface area contributed by atoms with Crippen LogP contribution >= 0.6 is 0 Å². The van der Waals surface area contributed by atoms with Gasteiger partial charge in [0.15, 0.2) is 0 Å². The van der Waals surface area contributed by atoms with E-state index in [-0.39, 0.29) is 18.2 Å². The van der Waals surface area contributed by atoms with Gasteiger partial charge < -0.3 is 20.7 Å². The van der Waals surface area contributed by atoms with Crippen LogP contribution in [0.3, 0.4) is 0 Å². The quantitative estimate of drug-likeness (QED) is 0.251. The summed E-state index contributed by atoms with van der Waals surface area (Å²) in [6.45, 7) is 0. The van der Waals surface area contributed by atoms with Crippen LogP contribution in [0.15, 0.2) is 103 Å². The molecule has 0 atom stereocenters. The van der Waals surface area contributed by atoms with Crippen LogP contribution < -0.4 is 20.7 Å². The third-order valence-corrected chi connectivity index (χ3v) is 5.81. The summed E-state index contributed by atoms with van der Waals surface area (Å²) in [6.07, 6.45) is 1.89. The molecule has 0 aliphatic carbocycles. The topological polar surface area (TPSA) is 105 Å². The highest BCUT2D eigenvalue weighted by Crippen LogP contribution is 2.28. The van der Waals surface area contributed by atoms with E-state index in [2.05, 4.69) is 25.9 Å². The van der Waals surface area contributed by atoms with E-state index in [1.807, 2.05) is 78.9 Å². The van der Waals surface area contributed by atoms with Crippen LogP contribution in [0.5, 0.6) is 11.6 Å². The molecule has 5 rings (SSSR count). The van der Waals surface area contributed by atoms with Gasteiger partial charge in [-0.1, -0.05) is 42.5 Å². The SMILES string of the molecule is CNC(=O)Cc1cccc(Nc2nccc(Oc3ccc4c(C(=O)Nc5ccccc5)cccc4c3)n2)c1. The summed E-state index contributed by atoms with van der Waals surface area (Å²) >= 11 is 0. The van der Waals surface area contributed by atoms with Crippen molar-refractivity contribution in [2.45, 2.75) is 6.42 Å². The number of carbonyl (C=O) groups is 2. The van der Waals surface area contributed by atoms with Gasteiger partial charge in [0.2, 0.25) is 17.7 Å². The zero-order chi connectivity index (χ0) is 26.3. The monoisotopic (exact) mass is 503 g/mol. The highest BCUT2D eigenvalue weighted by molar-refractivity contribution is 6.13. The minimum Gasteiger partial charge on any atom is -0.439 e. The molecule has 0 saturated heterocycles. The van der Waals surface area contributed by atoms with Gasteiger partial charge in [-0.2, -0.15) is 4.98 Å². The number of hydrogen-bond acceptors (Lipinski definition) is 6. The van der Waals surface area contributed by atoms with Gasteiger partial charge in [0, 0.05) is 36.2 Å². The second-order valence-electron chi connectivity index (χ2n) is 8.50. The van der Waals surface area contributed by atoms with Gasteiger partial charge in [0.1, 0.15) is 5.75 Å². The largest absolute Gasteiger partial charge is 0.439 e. The van der Waals surface area contributed by atoms with Crippen molar-refractivity contribution >= 4 is 39.9 Å². The van der Waals surface area contributed by atoms with Crippen LogP contribution in [-0.4, -0.2) is 28.8 Å². The first-order chi connectivity index (χ1) is 18.6. The van der Waals surface area contributed by atoms with Crippen LogP contribution in [0.1, 0.15) is 15.9 Å². The molecule has 0 aliphatic rings. The lowest BCUT2D eigenvalue weighted by molar-refractivity contribution is -0.119. The van der Waals surface area contributed by atoms with Crippen molar-refractivity contribution in [1.82, 2.24) is 15.3 Å². The standard InChI is InChI=1S/C30H25N5O3/c1-31-27(36)18-20-7-5-11-23(17-20)34-30-32-16-15-28(35-30)38-24-13-14-25-21(19-24)8-6-12-26(25)29(37)33-22-9-3-2-4-10-22/h2-17,19H,18H2,1H3,(H,31,36)(H,33,37)(H,32,34,35). The lowest BCUT2D eigenvalue weighted by Crippen LogP contribution is -2.19. The Hall–Kier alpha value is -5.24. The third-order valence-electron chi connectivity index (χ3n) is 5.81. The first-order valence-electron chi connectivity index (χ1n) is 12.0. The number of carbonyl (C=O) groups excluding carboxylic acids is 2. The first-order valence-corrected chi connectivity index (χ1v) is 12.0.